The molecular weight excluding hydrogens is 588 g/mol. The van der Waals surface area contributed by atoms with Crippen LogP contribution in [0, 0.1) is 19.8 Å². The Hall–Kier alpha value is -3.93. The van der Waals surface area contributed by atoms with Gasteiger partial charge in [0.1, 0.15) is 6.33 Å². The first kappa shape index (κ1) is 31.1. The third kappa shape index (κ3) is 6.16. The molecule has 2 amide bonds. The van der Waals surface area contributed by atoms with Crippen LogP contribution < -0.4 is 4.72 Å². The Balaban J connectivity index is 1.10. The van der Waals surface area contributed by atoms with Crippen molar-refractivity contribution in [1.82, 2.24) is 29.4 Å². The zero-order valence-electron chi connectivity index (χ0n) is 26.1. The molecule has 1 atom stereocenters. The molecule has 0 aliphatic carbocycles. The number of hydrogen-bond donors (Lipinski definition) is 1. The summed E-state index contributed by atoms with van der Waals surface area (Å²) in [4.78, 5) is 41.5. The summed E-state index contributed by atoms with van der Waals surface area (Å²) >= 11 is 0. The third-order valence-corrected chi connectivity index (χ3v) is 11.3. The summed E-state index contributed by atoms with van der Waals surface area (Å²) in [6.07, 6.45) is 6.24. The fourth-order valence-corrected chi connectivity index (χ4v) is 7.84. The van der Waals surface area contributed by atoms with Gasteiger partial charge in [0.2, 0.25) is 10.0 Å². The van der Waals surface area contributed by atoms with E-state index in [1.807, 2.05) is 35.9 Å². The van der Waals surface area contributed by atoms with Crippen LogP contribution in [0.4, 0.5) is 0 Å². The second-order valence-corrected chi connectivity index (χ2v) is 14.3. The lowest BCUT2D eigenvalue weighted by Crippen LogP contribution is -2.46. The zero-order chi connectivity index (χ0) is 31.8. The minimum absolute atomic E-state index is 0.0256. The SMILES string of the molecule is CNS(=O)(=O)c1ccc(C(=O)N2CCC(CCN3CC4=CN(C(=O)c5c(C)ncnc5C)CC4C3)(c3ccccc3)CC2)cc1. The van der Waals surface area contributed by atoms with E-state index < -0.39 is 10.0 Å². The highest BCUT2D eigenvalue weighted by Crippen LogP contribution is 2.40. The fourth-order valence-electron chi connectivity index (χ4n) is 7.11. The van der Waals surface area contributed by atoms with Crippen molar-refractivity contribution >= 4 is 21.8 Å². The lowest BCUT2D eigenvalue weighted by molar-refractivity contribution is 0.0650. The summed E-state index contributed by atoms with van der Waals surface area (Å²) in [6, 6.07) is 16.8. The van der Waals surface area contributed by atoms with E-state index in [-0.39, 0.29) is 22.1 Å². The topological polar surface area (TPSA) is 116 Å². The number of hydrogen-bond acceptors (Lipinski definition) is 7. The summed E-state index contributed by atoms with van der Waals surface area (Å²) in [6.45, 7) is 8.38. The number of carbonyl (C=O) groups excluding carboxylic acids is 2. The van der Waals surface area contributed by atoms with Gasteiger partial charge in [0, 0.05) is 50.4 Å². The van der Waals surface area contributed by atoms with Crippen molar-refractivity contribution in [1.29, 1.82) is 0 Å². The maximum atomic E-state index is 13.4. The molecule has 1 unspecified atom stereocenters. The van der Waals surface area contributed by atoms with Crippen molar-refractivity contribution < 1.29 is 18.0 Å². The number of benzene rings is 2. The van der Waals surface area contributed by atoms with E-state index in [2.05, 4.69) is 43.9 Å². The van der Waals surface area contributed by atoms with Crippen molar-refractivity contribution in [2.24, 2.45) is 5.92 Å². The van der Waals surface area contributed by atoms with E-state index in [0.29, 0.717) is 48.1 Å². The number of likely N-dealkylation sites (tertiary alicyclic amines) is 2. The lowest BCUT2D eigenvalue weighted by Gasteiger charge is -2.43. The fraction of sp³-hybridized carbons (Fsp3) is 0.412. The molecule has 45 heavy (non-hydrogen) atoms. The summed E-state index contributed by atoms with van der Waals surface area (Å²) in [5.74, 6) is 0.235. The molecule has 4 heterocycles. The van der Waals surface area contributed by atoms with Gasteiger partial charge in [0.25, 0.3) is 11.8 Å². The first-order valence-corrected chi connectivity index (χ1v) is 17.0. The molecular formula is C34H40N6O4S. The number of aryl methyl sites for hydroxylation is 2. The van der Waals surface area contributed by atoms with Crippen molar-refractivity contribution in [3.05, 3.63) is 101 Å². The molecule has 2 aromatic carbocycles. The van der Waals surface area contributed by atoms with Crippen LogP contribution in [-0.4, -0.2) is 91.2 Å². The van der Waals surface area contributed by atoms with E-state index in [1.54, 1.807) is 12.1 Å². The molecule has 3 aliphatic rings. The van der Waals surface area contributed by atoms with Gasteiger partial charge in [-0.1, -0.05) is 30.3 Å². The van der Waals surface area contributed by atoms with Gasteiger partial charge in [0.05, 0.1) is 21.8 Å². The minimum atomic E-state index is -3.56. The largest absolute Gasteiger partial charge is 0.339 e. The molecule has 0 spiro atoms. The van der Waals surface area contributed by atoms with E-state index >= 15 is 0 Å². The second kappa shape index (κ2) is 12.5. The van der Waals surface area contributed by atoms with Crippen molar-refractivity contribution in [3.8, 4) is 0 Å². The molecule has 236 valence electrons. The highest BCUT2D eigenvalue weighted by atomic mass is 32.2. The van der Waals surface area contributed by atoms with E-state index in [4.69, 9.17) is 0 Å². The Kier molecular flexibility index (Phi) is 8.60. The van der Waals surface area contributed by atoms with Crippen LogP contribution in [0.25, 0.3) is 0 Å². The first-order valence-electron chi connectivity index (χ1n) is 15.5. The Morgan fingerprint density at radius 1 is 0.933 bits per heavy atom. The van der Waals surface area contributed by atoms with Crippen molar-refractivity contribution in [2.45, 2.75) is 43.4 Å². The molecule has 0 bridgehead atoms. The van der Waals surface area contributed by atoms with E-state index in [0.717, 1.165) is 38.9 Å². The van der Waals surface area contributed by atoms with Gasteiger partial charge < -0.3 is 9.80 Å². The van der Waals surface area contributed by atoms with Gasteiger partial charge in [-0.25, -0.2) is 23.1 Å². The highest BCUT2D eigenvalue weighted by Gasteiger charge is 2.40. The predicted molar refractivity (Wildman–Crippen MR) is 171 cm³/mol. The number of nitrogens with one attached hydrogen (secondary N) is 1. The standard InChI is InChI=1S/C34H40N6O4S/c1-24-31(25(2)37-23-36-24)33(42)40-21-27-19-38(20-28(27)22-40)16-13-34(29-7-5-4-6-8-29)14-17-39(18-15-34)32(41)26-9-11-30(12-10-26)45(43,44)35-3/h4-12,21,23,28,35H,13-20,22H2,1-3H3. The lowest BCUT2D eigenvalue weighted by atomic mass is 9.70. The Bertz CT molecular complexity index is 1700. The number of sulfonamides is 1. The Morgan fingerprint density at radius 3 is 2.22 bits per heavy atom. The van der Waals surface area contributed by atoms with Crippen molar-refractivity contribution in [3.63, 3.8) is 0 Å². The Labute approximate surface area is 265 Å². The number of piperidine rings is 1. The van der Waals surface area contributed by atoms with Gasteiger partial charge in [-0.15, -0.1) is 0 Å². The van der Waals surface area contributed by atoms with Crippen LogP contribution in [0.1, 0.15) is 56.9 Å². The van der Waals surface area contributed by atoms with Crippen LogP contribution in [-0.2, 0) is 15.4 Å². The summed E-state index contributed by atoms with van der Waals surface area (Å²) < 4.78 is 26.5. The smallest absolute Gasteiger partial charge is 0.261 e. The first-order chi connectivity index (χ1) is 21.6. The van der Waals surface area contributed by atoms with E-state index in [9.17, 15) is 18.0 Å². The molecule has 2 fully saturated rings. The monoisotopic (exact) mass is 628 g/mol. The number of nitrogens with zero attached hydrogens (tertiary/aromatic N) is 5. The van der Waals surface area contributed by atoms with Gasteiger partial charge in [-0.05, 0) is 87.5 Å². The number of carbonyl (C=O) groups is 2. The third-order valence-electron chi connectivity index (χ3n) is 9.83. The maximum absolute atomic E-state index is 13.4. The molecule has 0 saturated carbocycles. The molecule has 3 aliphatic heterocycles. The number of fused-ring (bicyclic) bond motifs is 1. The molecule has 0 radical (unpaired) electrons. The maximum Gasteiger partial charge on any atom is 0.261 e. The quantitative estimate of drug-likeness (QED) is 0.406. The number of rotatable bonds is 8. The second-order valence-electron chi connectivity index (χ2n) is 12.4. The number of amides is 2. The average molecular weight is 629 g/mol. The predicted octanol–water partition coefficient (Wildman–Crippen LogP) is 3.54. The van der Waals surface area contributed by atoms with Crippen LogP contribution in [0.3, 0.4) is 0 Å². The molecule has 2 saturated heterocycles. The van der Waals surface area contributed by atoms with Crippen LogP contribution in [0.5, 0.6) is 0 Å². The molecule has 10 nitrogen and oxygen atoms in total. The van der Waals surface area contributed by atoms with Gasteiger partial charge in [-0.3, -0.25) is 14.5 Å². The van der Waals surface area contributed by atoms with Gasteiger partial charge in [-0.2, -0.15) is 0 Å². The van der Waals surface area contributed by atoms with Gasteiger partial charge >= 0.3 is 0 Å². The van der Waals surface area contributed by atoms with Crippen LogP contribution in [0.15, 0.2) is 77.6 Å². The zero-order valence-corrected chi connectivity index (χ0v) is 26.9. The highest BCUT2D eigenvalue weighted by molar-refractivity contribution is 7.89. The van der Waals surface area contributed by atoms with Crippen LogP contribution in [0.2, 0.25) is 0 Å². The summed E-state index contributed by atoms with van der Waals surface area (Å²) in [7, 11) is -2.19. The normalized spacial score (nSPS) is 19.8. The minimum Gasteiger partial charge on any atom is -0.339 e. The average Bonchev–Trinajstić information content (AvgIpc) is 3.64. The number of aromatic nitrogens is 2. The van der Waals surface area contributed by atoms with Crippen molar-refractivity contribution in [2.75, 3.05) is 46.3 Å². The van der Waals surface area contributed by atoms with Gasteiger partial charge in [0.15, 0.2) is 0 Å². The summed E-state index contributed by atoms with van der Waals surface area (Å²) in [5.41, 5.74) is 5.08. The summed E-state index contributed by atoms with van der Waals surface area (Å²) in [5, 5.41) is 0. The molecule has 3 aromatic rings. The molecule has 1 N–H and O–H groups in total. The molecule has 6 rings (SSSR count). The molecule has 1 aromatic heterocycles. The molecule has 11 heteroatoms. The Morgan fingerprint density at radius 2 is 1.60 bits per heavy atom. The van der Waals surface area contributed by atoms with E-state index in [1.165, 1.54) is 36.6 Å². The van der Waals surface area contributed by atoms with Crippen LogP contribution >= 0.6 is 0 Å².